The van der Waals surface area contributed by atoms with E-state index in [-0.39, 0.29) is 11.7 Å². The number of aromatic nitrogens is 2. The highest BCUT2D eigenvalue weighted by atomic mass is 32.1. The lowest BCUT2D eigenvalue weighted by atomic mass is 10.1. The Morgan fingerprint density at radius 2 is 1.80 bits per heavy atom. The van der Waals surface area contributed by atoms with E-state index in [9.17, 15) is 9.18 Å². The van der Waals surface area contributed by atoms with Crippen molar-refractivity contribution in [2.75, 3.05) is 31.1 Å². The molecule has 1 saturated heterocycles. The van der Waals surface area contributed by atoms with Crippen LogP contribution >= 0.6 is 11.3 Å². The summed E-state index contributed by atoms with van der Waals surface area (Å²) in [4.78, 5) is 27.3. The van der Waals surface area contributed by atoms with Crippen LogP contribution in [0, 0.1) is 11.7 Å². The predicted molar refractivity (Wildman–Crippen MR) is 118 cm³/mol. The zero-order valence-corrected chi connectivity index (χ0v) is 17.7. The first kappa shape index (κ1) is 19.4. The number of anilines is 1. The number of hydrogen-bond acceptors (Lipinski definition) is 5. The number of halogens is 1. The Balaban J connectivity index is 1.42. The fourth-order valence-electron chi connectivity index (χ4n) is 4.72. The molecule has 2 aromatic heterocycles. The van der Waals surface area contributed by atoms with Crippen molar-refractivity contribution in [1.29, 1.82) is 0 Å². The molecular weight excluding hydrogens is 399 g/mol. The van der Waals surface area contributed by atoms with Gasteiger partial charge in [-0.05, 0) is 37.0 Å². The Morgan fingerprint density at radius 3 is 2.60 bits per heavy atom. The molecule has 5 nitrogen and oxygen atoms in total. The van der Waals surface area contributed by atoms with Gasteiger partial charge in [0.2, 0.25) is 5.91 Å². The summed E-state index contributed by atoms with van der Waals surface area (Å²) in [5, 5.41) is 3.09. The van der Waals surface area contributed by atoms with Crippen molar-refractivity contribution < 1.29 is 9.18 Å². The first-order valence-corrected chi connectivity index (χ1v) is 11.6. The number of nitrogens with zero attached hydrogens (tertiary/aromatic N) is 4. The normalized spacial score (nSPS) is 18.2. The van der Waals surface area contributed by atoms with E-state index in [1.807, 2.05) is 0 Å². The second kappa shape index (κ2) is 8.30. The van der Waals surface area contributed by atoms with Crippen molar-refractivity contribution in [2.45, 2.75) is 32.1 Å². The molecule has 1 saturated carbocycles. The van der Waals surface area contributed by atoms with E-state index in [1.165, 1.54) is 25.0 Å². The SMILES string of the molecule is O=C(C1CCCC1)N1CCCN(c2ncnc3scc(-c4ccc(F)cc4)c23)CC1. The van der Waals surface area contributed by atoms with E-state index >= 15 is 0 Å². The molecule has 30 heavy (non-hydrogen) atoms. The van der Waals surface area contributed by atoms with Gasteiger partial charge >= 0.3 is 0 Å². The van der Waals surface area contributed by atoms with Crippen molar-refractivity contribution in [3.63, 3.8) is 0 Å². The molecule has 0 radical (unpaired) electrons. The second-order valence-corrected chi connectivity index (χ2v) is 9.04. The van der Waals surface area contributed by atoms with Gasteiger partial charge in [-0.1, -0.05) is 25.0 Å². The smallest absolute Gasteiger partial charge is 0.225 e. The van der Waals surface area contributed by atoms with Gasteiger partial charge in [0.1, 0.15) is 22.8 Å². The maximum Gasteiger partial charge on any atom is 0.225 e. The summed E-state index contributed by atoms with van der Waals surface area (Å²) in [7, 11) is 0. The highest BCUT2D eigenvalue weighted by Crippen LogP contribution is 2.38. The average molecular weight is 425 g/mol. The lowest BCUT2D eigenvalue weighted by Gasteiger charge is -2.25. The molecular formula is C23H25FN4OS. The molecule has 0 bridgehead atoms. The topological polar surface area (TPSA) is 49.3 Å². The maximum absolute atomic E-state index is 13.4. The molecule has 156 valence electrons. The Kier molecular flexibility index (Phi) is 5.37. The quantitative estimate of drug-likeness (QED) is 0.610. The zero-order valence-electron chi connectivity index (χ0n) is 16.9. The average Bonchev–Trinajstić information content (AvgIpc) is 3.39. The summed E-state index contributed by atoms with van der Waals surface area (Å²) in [5.74, 6) is 1.24. The van der Waals surface area contributed by atoms with Crippen molar-refractivity contribution in [2.24, 2.45) is 5.92 Å². The van der Waals surface area contributed by atoms with E-state index in [2.05, 4.69) is 25.1 Å². The highest BCUT2D eigenvalue weighted by Gasteiger charge is 2.29. The lowest BCUT2D eigenvalue weighted by molar-refractivity contribution is -0.135. The molecule has 1 aromatic carbocycles. The van der Waals surface area contributed by atoms with Crippen LogP contribution in [0.25, 0.3) is 21.3 Å². The Morgan fingerprint density at radius 1 is 1.00 bits per heavy atom. The number of rotatable bonds is 3. The second-order valence-electron chi connectivity index (χ2n) is 8.18. The largest absolute Gasteiger partial charge is 0.354 e. The van der Waals surface area contributed by atoms with Gasteiger partial charge in [0.05, 0.1) is 5.39 Å². The minimum absolute atomic E-state index is 0.226. The molecule has 0 unspecified atom stereocenters. The Labute approximate surface area is 179 Å². The third-order valence-corrected chi connectivity index (χ3v) is 7.20. The third kappa shape index (κ3) is 3.67. The molecule has 0 atom stereocenters. The summed E-state index contributed by atoms with van der Waals surface area (Å²) in [6, 6.07) is 6.58. The van der Waals surface area contributed by atoms with Gasteiger partial charge in [-0.3, -0.25) is 4.79 Å². The van der Waals surface area contributed by atoms with Crippen LogP contribution in [0.3, 0.4) is 0 Å². The van der Waals surface area contributed by atoms with Crippen molar-refractivity contribution in [1.82, 2.24) is 14.9 Å². The van der Waals surface area contributed by atoms with Gasteiger partial charge in [0.25, 0.3) is 0 Å². The number of benzene rings is 1. The summed E-state index contributed by atoms with van der Waals surface area (Å²) in [5.41, 5.74) is 2.00. The van der Waals surface area contributed by atoms with Gasteiger partial charge in [0.15, 0.2) is 0 Å². The van der Waals surface area contributed by atoms with Crippen molar-refractivity contribution >= 4 is 33.3 Å². The molecule has 0 N–H and O–H groups in total. The Bertz CT molecular complexity index is 1050. The summed E-state index contributed by atoms with van der Waals surface area (Å²) >= 11 is 1.58. The summed E-state index contributed by atoms with van der Waals surface area (Å²) in [6.45, 7) is 3.17. The van der Waals surface area contributed by atoms with Crippen LogP contribution in [0.15, 0.2) is 36.0 Å². The minimum atomic E-state index is -0.241. The third-order valence-electron chi connectivity index (χ3n) is 6.32. The summed E-state index contributed by atoms with van der Waals surface area (Å²) in [6.07, 6.45) is 7.00. The predicted octanol–water partition coefficient (Wildman–Crippen LogP) is 4.73. The molecule has 2 fully saturated rings. The van der Waals surface area contributed by atoms with Crippen LogP contribution in [0.5, 0.6) is 0 Å². The van der Waals surface area contributed by atoms with Gasteiger partial charge in [-0.2, -0.15) is 0 Å². The van der Waals surface area contributed by atoms with Gasteiger partial charge in [0, 0.05) is 43.0 Å². The fraction of sp³-hybridized carbons (Fsp3) is 0.435. The molecule has 5 rings (SSSR count). The van der Waals surface area contributed by atoms with Gasteiger partial charge in [-0.25, -0.2) is 14.4 Å². The molecule has 2 aliphatic rings. The van der Waals surface area contributed by atoms with Crippen LogP contribution in [-0.2, 0) is 4.79 Å². The van der Waals surface area contributed by atoms with Crippen molar-refractivity contribution in [3.05, 3.63) is 41.8 Å². The molecule has 0 spiro atoms. The van der Waals surface area contributed by atoms with Gasteiger partial charge in [-0.15, -0.1) is 11.3 Å². The van der Waals surface area contributed by atoms with E-state index in [1.54, 1.807) is 29.8 Å². The Hall–Kier alpha value is -2.54. The monoisotopic (exact) mass is 424 g/mol. The first-order chi connectivity index (χ1) is 14.7. The van der Waals surface area contributed by atoms with Crippen LogP contribution < -0.4 is 4.90 Å². The van der Waals surface area contributed by atoms with Crippen LogP contribution in [0.2, 0.25) is 0 Å². The standard InChI is InChI=1S/C23H25FN4OS/c24-18-8-6-16(7-9-18)19-14-30-22-20(19)21(25-15-26-22)27-10-3-11-28(13-12-27)23(29)17-4-1-2-5-17/h6-9,14-15,17H,1-5,10-13H2. The number of carbonyl (C=O) groups is 1. The molecule has 1 aliphatic carbocycles. The van der Waals surface area contributed by atoms with E-state index < -0.39 is 0 Å². The van der Waals surface area contributed by atoms with Crippen LogP contribution in [0.4, 0.5) is 10.2 Å². The van der Waals surface area contributed by atoms with Crippen LogP contribution in [0.1, 0.15) is 32.1 Å². The number of amides is 1. The summed E-state index contributed by atoms with van der Waals surface area (Å²) < 4.78 is 13.4. The van der Waals surface area contributed by atoms with E-state index in [0.29, 0.717) is 5.91 Å². The van der Waals surface area contributed by atoms with E-state index in [0.717, 1.165) is 72.6 Å². The van der Waals surface area contributed by atoms with Gasteiger partial charge < -0.3 is 9.80 Å². The minimum Gasteiger partial charge on any atom is -0.354 e. The van der Waals surface area contributed by atoms with Crippen molar-refractivity contribution in [3.8, 4) is 11.1 Å². The number of hydrogen-bond donors (Lipinski definition) is 0. The molecule has 1 amide bonds. The van der Waals surface area contributed by atoms with E-state index in [4.69, 9.17) is 0 Å². The fourth-order valence-corrected chi connectivity index (χ4v) is 5.63. The number of carbonyl (C=O) groups excluding carboxylic acids is 1. The molecule has 7 heteroatoms. The number of fused-ring (bicyclic) bond motifs is 1. The maximum atomic E-state index is 13.4. The zero-order chi connectivity index (χ0) is 20.5. The molecule has 3 heterocycles. The highest BCUT2D eigenvalue weighted by molar-refractivity contribution is 7.17. The molecule has 1 aliphatic heterocycles. The number of thiophene rings is 1. The van der Waals surface area contributed by atoms with Crippen LogP contribution in [-0.4, -0.2) is 47.0 Å². The first-order valence-electron chi connectivity index (χ1n) is 10.7. The lowest BCUT2D eigenvalue weighted by Crippen LogP contribution is -2.38. The molecule has 3 aromatic rings.